The fraction of sp³-hybridized carbons (Fsp3) is 0.588. The van der Waals surface area contributed by atoms with Gasteiger partial charge in [0.1, 0.15) is 5.82 Å². The Kier molecular flexibility index (Phi) is 5.86. The normalized spacial score (nSPS) is 20.7. The van der Waals surface area contributed by atoms with E-state index in [2.05, 4.69) is 5.32 Å². The molecule has 0 spiro atoms. The summed E-state index contributed by atoms with van der Waals surface area (Å²) in [5, 5.41) is 2.79. The fourth-order valence-electron chi connectivity index (χ4n) is 3.13. The quantitative estimate of drug-likeness (QED) is 0.784. The molecule has 9 heteroatoms. The molecule has 1 atom stereocenters. The van der Waals surface area contributed by atoms with E-state index < -0.39 is 15.8 Å². The van der Waals surface area contributed by atoms with Crippen molar-refractivity contribution >= 4 is 27.5 Å². The number of sulfonamides is 1. The Morgan fingerprint density at radius 2 is 1.96 bits per heavy atom. The lowest BCUT2D eigenvalue weighted by Crippen LogP contribution is -2.51. The van der Waals surface area contributed by atoms with Gasteiger partial charge < -0.3 is 5.32 Å². The van der Waals surface area contributed by atoms with Crippen molar-refractivity contribution in [3.63, 3.8) is 0 Å². The molecule has 0 bridgehead atoms. The van der Waals surface area contributed by atoms with E-state index >= 15 is 0 Å². The summed E-state index contributed by atoms with van der Waals surface area (Å²) >= 11 is 5.70. The summed E-state index contributed by atoms with van der Waals surface area (Å²) in [6, 6.07) is 3.60. The molecular formula is C17H23ClFN3O3S. The second-order valence-corrected chi connectivity index (χ2v) is 9.29. The van der Waals surface area contributed by atoms with Crippen LogP contribution >= 0.6 is 11.6 Å². The highest BCUT2D eigenvalue weighted by Gasteiger charge is 2.31. The molecular weight excluding hydrogens is 381 g/mol. The standard InChI is InChI=1S/C17H23ClFN3O3S/c1-12(13-2-3-13)20-17(23)11-21-6-8-22(9-7-21)26(24,25)14-4-5-16(19)15(18)10-14/h4-5,10,12-13H,2-3,6-9,11H2,1H3,(H,20,23)/t12-/m1/s1. The molecule has 2 fully saturated rings. The number of halogens is 2. The predicted molar refractivity (Wildman–Crippen MR) is 96.9 cm³/mol. The average molecular weight is 404 g/mol. The van der Waals surface area contributed by atoms with Gasteiger partial charge in [0.25, 0.3) is 0 Å². The van der Waals surface area contributed by atoms with Crippen molar-refractivity contribution in [1.29, 1.82) is 0 Å². The number of benzene rings is 1. The number of hydrogen-bond acceptors (Lipinski definition) is 4. The van der Waals surface area contributed by atoms with Crippen molar-refractivity contribution in [2.75, 3.05) is 32.7 Å². The first-order valence-electron chi connectivity index (χ1n) is 8.74. The van der Waals surface area contributed by atoms with Crippen LogP contribution in [0.4, 0.5) is 4.39 Å². The minimum atomic E-state index is -3.72. The van der Waals surface area contributed by atoms with Gasteiger partial charge in [0, 0.05) is 32.2 Å². The van der Waals surface area contributed by atoms with Gasteiger partial charge in [0.2, 0.25) is 15.9 Å². The Morgan fingerprint density at radius 1 is 1.31 bits per heavy atom. The minimum Gasteiger partial charge on any atom is -0.352 e. The minimum absolute atomic E-state index is 0.0200. The maximum atomic E-state index is 13.3. The van der Waals surface area contributed by atoms with Gasteiger partial charge in [-0.3, -0.25) is 9.69 Å². The van der Waals surface area contributed by atoms with Gasteiger partial charge in [-0.25, -0.2) is 12.8 Å². The van der Waals surface area contributed by atoms with E-state index in [1.165, 1.54) is 23.2 Å². The van der Waals surface area contributed by atoms with Crippen LogP contribution in [0.5, 0.6) is 0 Å². The first-order chi connectivity index (χ1) is 12.3. The van der Waals surface area contributed by atoms with Gasteiger partial charge in [-0.2, -0.15) is 4.31 Å². The van der Waals surface area contributed by atoms with E-state index in [0.717, 1.165) is 12.1 Å². The summed E-state index contributed by atoms with van der Waals surface area (Å²) in [4.78, 5) is 14.0. The van der Waals surface area contributed by atoms with Gasteiger partial charge in [-0.1, -0.05) is 11.6 Å². The van der Waals surface area contributed by atoms with E-state index in [1.807, 2.05) is 11.8 Å². The van der Waals surface area contributed by atoms with Crippen LogP contribution in [0.3, 0.4) is 0 Å². The van der Waals surface area contributed by atoms with Crippen molar-refractivity contribution in [3.05, 3.63) is 29.0 Å². The van der Waals surface area contributed by atoms with Crippen LogP contribution in [0.1, 0.15) is 19.8 Å². The Balaban J connectivity index is 1.53. The molecule has 1 N–H and O–H groups in total. The molecule has 1 aromatic rings. The van der Waals surface area contributed by atoms with E-state index in [9.17, 15) is 17.6 Å². The lowest BCUT2D eigenvalue weighted by Gasteiger charge is -2.33. The number of nitrogens with one attached hydrogen (secondary N) is 1. The first kappa shape index (κ1) is 19.5. The van der Waals surface area contributed by atoms with Crippen molar-refractivity contribution in [3.8, 4) is 0 Å². The Labute approximate surface area is 158 Å². The Hall–Kier alpha value is -1.22. The second-order valence-electron chi connectivity index (χ2n) is 6.95. The maximum absolute atomic E-state index is 13.3. The highest BCUT2D eigenvalue weighted by atomic mass is 35.5. The van der Waals surface area contributed by atoms with Gasteiger partial charge in [0.05, 0.1) is 16.5 Å². The monoisotopic (exact) mass is 403 g/mol. The molecule has 0 aromatic heterocycles. The third-order valence-electron chi connectivity index (χ3n) is 4.95. The molecule has 3 rings (SSSR count). The lowest BCUT2D eigenvalue weighted by molar-refractivity contribution is -0.123. The molecule has 2 aliphatic rings. The third kappa shape index (κ3) is 4.54. The summed E-state index contributed by atoms with van der Waals surface area (Å²) in [7, 11) is -3.72. The Bertz CT molecular complexity index is 777. The number of rotatable bonds is 6. The smallest absolute Gasteiger partial charge is 0.243 e. The van der Waals surface area contributed by atoms with E-state index in [1.54, 1.807) is 0 Å². The van der Waals surface area contributed by atoms with Gasteiger partial charge >= 0.3 is 0 Å². The summed E-state index contributed by atoms with van der Waals surface area (Å²) in [6.45, 7) is 3.80. The molecule has 1 amide bonds. The maximum Gasteiger partial charge on any atom is 0.243 e. The molecule has 1 aliphatic carbocycles. The molecule has 1 saturated carbocycles. The predicted octanol–water partition coefficient (Wildman–Crippen LogP) is 1.70. The van der Waals surface area contributed by atoms with E-state index in [-0.39, 0.29) is 41.5 Å². The zero-order chi connectivity index (χ0) is 18.9. The molecule has 0 radical (unpaired) electrons. The van der Waals surface area contributed by atoms with E-state index in [4.69, 9.17) is 11.6 Å². The topological polar surface area (TPSA) is 69.7 Å². The number of piperazine rings is 1. The van der Waals surface area contributed by atoms with Crippen LogP contribution in [0, 0.1) is 11.7 Å². The Morgan fingerprint density at radius 3 is 2.54 bits per heavy atom. The number of carbonyl (C=O) groups is 1. The van der Waals surface area contributed by atoms with Crippen LogP contribution < -0.4 is 5.32 Å². The van der Waals surface area contributed by atoms with Gasteiger partial charge in [-0.05, 0) is 43.9 Å². The van der Waals surface area contributed by atoms with E-state index in [0.29, 0.717) is 19.0 Å². The van der Waals surface area contributed by atoms with Crippen molar-refractivity contribution in [2.45, 2.75) is 30.7 Å². The van der Waals surface area contributed by atoms with Gasteiger partial charge in [0.15, 0.2) is 0 Å². The van der Waals surface area contributed by atoms with Crippen molar-refractivity contribution in [2.24, 2.45) is 5.92 Å². The third-order valence-corrected chi connectivity index (χ3v) is 7.13. The number of amides is 1. The second kappa shape index (κ2) is 7.80. The first-order valence-corrected chi connectivity index (χ1v) is 10.6. The zero-order valence-corrected chi connectivity index (χ0v) is 16.2. The van der Waals surface area contributed by atoms with Gasteiger partial charge in [-0.15, -0.1) is 0 Å². The molecule has 1 saturated heterocycles. The average Bonchev–Trinajstić information content (AvgIpc) is 3.42. The van der Waals surface area contributed by atoms with Crippen LogP contribution in [-0.2, 0) is 14.8 Å². The molecule has 1 aromatic carbocycles. The largest absolute Gasteiger partial charge is 0.352 e. The SMILES string of the molecule is C[C@@H](NC(=O)CN1CCN(S(=O)(=O)c2ccc(F)c(Cl)c2)CC1)C1CC1. The molecule has 144 valence electrons. The summed E-state index contributed by atoms with van der Waals surface area (Å²) in [5.41, 5.74) is 0. The molecule has 1 aliphatic heterocycles. The van der Waals surface area contributed by atoms with Crippen LogP contribution in [0.15, 0.2) is 23.1 Å². The lowest BCUT2D eigenvalue weighted by atomic mass is 10.2. The molecule has 26 heavy (non-hydrogen) atoms. The number of hydrogen-bond donors (Lipinski definition) is 1. The summed E-state index contributed by atoms with van der Waals surface area (Å²) in [5.74, 6) is -0.0728. The molecule has 1 heterocycles. The summed E-state index contributed by atoms with van der Waals surface area (Å²) < 4.78 is 39.9. The van der Waals surface area contributed by atoms with Crippen LogP contribution in [0.2, 0.25) is 5.02 Å². The van der Waals surface area contributed by atoms with Crippen LogP contribution in [-0.4, -0.2) is 62.3 Å². The summed E-state index contributed by atoms with van der Waals surface area (Å²) in [6.07, 6.45) is 2.34. The zero-order valence-electron chi connectivity index (χ0n) is 14.6. The van der Waals surface area contributed by atoms with Crippen LogP contribution in [0.25, 0.3) is 0 Å². The van der Waals surface area contributed by atoms with Crippen molar-refractivity contribution in [1.82, 2.24) is 14.5 Å². The van der Waals surface area contributed by atoms with Crippen molar-refractivity contribution < 1.29 is 17.6 Å². The number of carbonyl (C=O) groups excluding carboxylic acids is 1. The molecule has 0 unspecified atom stereocenters. The molecule has 6 nitrogen and oxygen atoms in total. The highest BCUT2D eigenvalue weighted by Crippen LogP contribution is 2.32. The fourth-order valence-corrected chi connectivity index (χ4v) is 4.83. The number of nitrogens with zero attached hydrogens (tertiary/aromatic N) is 2. The highest BCUT2D eigenvalue weighted by molar-refractivity contribution is 7.89.